The Morgan fingerprint density at radius 1 is 0.458 bits per heavy atom. The van der Waals surface area contributed by atoms with E-state index in [9.17, 15) is 101 Å². The predicted octanol–water partition coefficient (Wildman–Crippen LogP) is 10.5. The number of aromatic nitrogens is 1. The molecule has 4 heterocycles. The standard InChI is InChI=1S/C14H23NO6.C13H17NO4.C13H14O6.C11H19NO6.C11H12O4.C9H10O5.C9H10O4S.C8H9NO4S.C6H11NO4/c1-14(2,3)21-13(19)15-8-4-6-10(15)12(18)20-9-5-7-11(16)17;14-11(9-10-5-2-1-3-6-10)13(17)18-8-4-7-12(15)16;1-18-12(16)9-4-6-10(7-5-9)13(17)19-8-2-3-11(14)15;1-11(2,3)18-10(16)12-7-9(15)17-6-4-5-8(13)14;12-10(13)7-4-8-15-11(14)9-5-2-1-3-6-9;10-8(11)2-1-4-14-9(12)7-3-5-13-6-7;10-8(11)2-1-4-13-9(12)7-3-5-14-6-7;10-6(11)2-1-4-13-8(12)7-9-3-5-14-7;7-4-6(10)11-3-1-2-5(8)9/h10H,4-9H2,1-3H3,(H,16,17);1-3,5-6,11H,4,7-9,14H2,(H,15,16);4-7H,2-3,8H2,1H3,(H,14,15);4-7H2,1-3H3,(H,12,16)(H,13,14);1-3,5-6H,4,7-8H2,(H,12,13);2*3,5-6H,1-2,4H2,(H,10,11);3,5H,1-2,4H2,(H,10,11);1-4,7H2,(H,8,9)/t10-;11-;;;;;;;/m00......./s1/i;;;;1D,2D,3D,5D,6D;;;;. The number of alkyl carbamates (subject to hydrolysis) is 1. The number of carbonyl (C=O) groups is 21. The van der Waals surface area contributed by atoms with Crippen LogP contribution in [0.4, 0.5) is 9.59 Å². The van der Waals surface area contributed by atoms with E-state index in [0.717, 1.165) is 5.56 Å². The number of thiophene rings is 1. The number of hydrogen-bond acceptors (Lipinski definition) is 39. The van der Waals surface area contributed by atoms with Crippen LogP contribution in [-0.2, 0) is 126 Å². The number of esters is 10. The number of carboxylic acids is 9. The zero-order valence-corrected chi connectivity index (χ0v) is 81.7. The van der Waals surface area contributed by atoms with Crippen LogP contribution in [0.5, 0.6) is 0 Å². The molecule has 6 aromatic rings. The van der Waals surface area contributed by atoms with Gasteiger partial charge in [-0.15, -0.1) is 11.3 Å². The second-order valence-corrected chi connectivity index (χ2v) is 32.2. The van der Waals surface area contributed by atoms with Gasteiger partial charge < -0.3 is 124 Å². The number of aliphatic carboxylic acids is 9. The lowest BCUT2D eigenvalue weighted by Crippen LogP contribution is -2.44. The summed E-state index contributed by atoms with van der Waals surface area (Å²) in [5, 5.41) is 82.9. The van der Waals surface area contributed by atoms with Gasteiger partial charge in [-0.3, -0.25) is 62.4 Å². The number of thiazole rings is 1. The maximum Gasteiger partial charge on any atom is 0.411 e. The van der Waals surface area contributed by atoms with Gasteiger partial charge in [0.25, 0.3) is 0 Å². The highest BCUT2D eigenvalue weighted by molar-refractivity contribution is 7.11. The third-order valence-corrected chi connectivity index (χ3v) is 17.5. The van der Waals surface area contributed by atoms with Crippen LogP contribution in [0.25, 0.3) is 0 Å². The first-order valence-electron chi connectivity index (χ1n) is 46.2. The van der Waals surface area contributed by atoms with Crippen LogP contribution in [-0.4, -0.2) is 291 Å². The second kappa shape index (κ2) is 78.4. The smallest absolute Gasteiger partial charge is 0.411 e. The number of hydrogen-bond donors (Lipinski definition) is 12. The quantitative estimate of drug-likeness (QED) is 0.00959. The minimum Gasteiger partial charge on any atom is -0.481 e. The Hall–Kier alpha value is -15.3. The molecule has 0 bridgehead atoms. The highest BCUT2D eigenvalue weighted by Crippen LogP contribution is 2.23. The van der Waals surface area contributed by atoms with Crippen molar-refractivity contribution in [2.45, 2.75) is 200 Å². The first kappa shape index (κ1) is 121. The number of nitrogens with zero attached hydrogens (tertiary/aromatic N) is 2. The van der Waals surface area contributed by atoms with Crippen LogP contribution in [0, 0.1) is 0 Å². The molecule has 144 heavy (non-hydrogen) atoms. The molecule has 0 radical (unpaired) electrons. The van der Waals surface area contributed by atoms with Gasteiger partial charge in [-0.2, -0.15) is 11.3 Å². The molecule has 2 atom stereocenters. The topological polar surface area (TPSA) is 745 Å². The van der Waals surface area contributed by atoms with E-state index in [2.05, 4.69) is 24.2 Å². The van der Waals surface area contributed by atoms with E-state index in [1.807, 2.05) is 30.3 Å². The van der Waals surface area contributed by atoms with Crippen molar-refractivity contribution in [3.63, 3.8) is 0 Å². The number of amides is 2. The van der Waals surface area contributed by atoms with Gasteiger partial charge in [0, 0.05) is 81.3 Å². The third-order valence-electron chi connectivity index (χ3n) is 16.1. The van der Waals surface area contributed by atoms with E-state index in [-0.39, 0.29) is 156 Å². The molecule has 48 nitrogen and oxygen atoms in total. The lowest BCUT2D eigenvalue weighted by molar-refractivity contribution is -0.150. The Kier molecular flexibility index (Phi) is 65.8. The summed E-state index contributed by atoms with van der Waals surface area (Å²) in [6, 6.07) is 13.9. The second-order valence-electron chi connectivity index (χ2n) is 30.5. The molecule has 1 fully saturated rings. The molecule has 0 saturated carbocycles. The van der Waals surface area contributed by atoms with Gasteiger partial charge in [0.15, 0.2) is 0 Å². The average Bonchev–Trinajstić information content (AvgIpc) is 1.21. The molecule has 1 aliphatic rings. The summed E-state index contributed by atoms with van der Waals surface area (Å²) in [6.07, 6.45) is 6.78. The van der Waals surface area contributed by atoms with Gasteiger partial charge in [-0.1, -0.05) is 48.5 Å². The van der Waals surface area contributed by atoms with Crippen LogP contribution < -0.4 is 16.8 Å². The molecule has 3 aromatic heterocycles. The zero-order chi connectivity index (χ0) is 113. The molecule has 1 aliphatic heterocycles. The molecule has 3 aromatic carbocycles. The van der Waals surface area contributed by atoms with Crippen molar-refractivity contribution >= 4 is 148 Å². The molecule has 7 rings (SSSR count). The molecule has 0 spiro atoms. The monoisotopic (exact) mass is 2080 g/mol. The molecule has 2 amide bonds. The fourth-order valence-corrected chi connectivity index (χ4v) is 10.7. The minimum atomic E-state index is -1.06. The van der Waals surface area contributed by atoms with Gasteiger partial charge in [-0.05, 0) is 178 Å². The number of likely N-dealkylation sites (tertiary alicyclic amines) is 1. The number of benzene rings is 3. The number of carboxylic acid groups (broad SMARTS) is 9. The lowest BCUT2D eigenvalue weighted by Gasteiger charge is -2.27. The van der Waals surface area contributed by atoms with Gasteiger partial charge in [0.2, 0.25) is 5.01 Å². The predicted molar refractivity (Wildman–Crippen MR) is 504 cm³/mol. The van der Waals surface area contributed by atoms with Crippen molar-refractivity contribution in [3.8, 4) is 0 Å². The molecular weight excluding hydrogens is 1950 g/mol. The van der Waals surface area contributed by atoms with Crippen LogP contribution in [0.2, 0.25) is 0 Å². The molecule has 1 saturated heterocycles. The number of nitrogens with two attached hydrogens (primary N) is 2. The Morgan fingerprint density at radius 2 is 0.847 bits per heavy atom. The van der Waals surface area contributed by atoms with Crippen molar-refractivity contribution in [3.05, 3.63) is 170 Å². The van der Waals surface area contributed by atoms with E-state index in [1.54, 1.807) is 63.7 Å². The number of rotatable bonds is 49. The SMILES string of the molecule is CC(C)(C)OC(=O)N1CCC[C@H]1C(=O)OCCCC(=O)O.CC(C)(C)OC(=O)NCC(=O)OCCCC(=O)O.COC(=O)c1ccc(C(=O)OCCCC(=O)O)cc1.NCC(=O)OCCCC(=O)O.N[C@@H](Cc1ccccc1)C(=O)OCCCC(=O)O.O=C(O)CCCOC(=O)c1ccoc1.O=C(O)CCCOC(=O)c1ccsc1.O=C(O)CCCOC(=O)c1nccs1.[2H]c1c([2H])c([2H])c(C(=O)OCCCC(=O)O)c([2H])c1[2H]. The Morgan fingerprint density at radius 3 is 1.23 bits per heavy atom. The van der Waals surface area contributed by atoms with Crippen molar-refractivity contribution in [1.29, 1.82) is 0 Å². The molecule has 14 N–H and O–H groups in total. The maximum absolute atomic E-state index is 12.0. The summed E-state index contributed by atoms with van der Waals surface area (Å²) in [5.41, 5.74) is 11.3. The Bertz CT molecular complexity index is 4990. The fourth-order valence-electron chi connectivity index (χ4n) is 9.51. The summed E-state index contributed by atoms with van der Waals surface area (Å²) >= 11 is 2.61. The first-order chi connectivity index (χ1) is 70.1. The molecule has 50 heteroatoms. The van der Waals surface area contributed by atoms with E-state index < -0.39 is 185 Å². The number of carbonyl (C=O) groups excluding carboxylic acids is 12. The van der Waals surface area contributed by atoms with Crippen molar-refractivity contribution in [2.75, 3.05) is 86.2 Å². The highest BCUT2D eigenvalue weighted by Gasteiger charge is 2.38. The summed E-state index contributed by atoms with van der Waals surface area (Å²) in [4.78, 5) is 233. The average molecular weight is 2080 g/mol. The molecule has 796 valence electrons. The highest BCUT2D eigenvalue weighted by atomic mass is 32.1. The number of methoxy groups -OCH3 is 1. The molecule has 0 unspecified atom stereocenters. The number of furan rings is 1. The van der Waals surface area contributed by atoms with Crippen molar-refractivity contribution in [1.82, 2.24) is 15.2 Å². The lowest BCUT2D eigenvalue weighted by atomic mass is 10.1. The minimum absolute atomic E-state index is 0.00132. The van der Waals surface area contributed by atoms with E-state index in [0.29, 0.717) is 85.2 Å². The summed E-state index contributed by atoms with van der Waals surface area (Å²) in [6.45, 7) is 10.9. The number of nitrogens with one attached hydrogen (secondary N) is 1. The van der Waals surface area contributed by atoms with Crippen LogP contribution in [0.15, 0.2) is 136 Å². The van der Waals surface area contributed by atoms with E-state index >= 15 is 0 Å². The van der Waals surface area contributed by atoms with Crippen LogP contribution in [0.1, 0.15) is 244 Å². The molecular formula is C94H125N5O43S2. The maximum atomic E-state index is 12.0. The Labute approximate surface area is 842 Å². The van der Waals surface area contributed by atoms with Gasteiger partial charge >= 0.3 is 126 Å². The third kappa shape index (κ3) is 74.7. The molecule has 0 aliphatic carbocycles. The number of ether oxygens (including phenoxy) is 12. The van der Waals surface area contributed by atoms with Crippen molar-refractivity contribution in [2.24, 2.45) is 11.5 Å². The summed E-state index contributed by atoms with van der Waals surface area (Å²) in [5.74, 6) is -13.9. The summed E-state index contributed by atoms with van der Waals surface area (Å²) in [7, 11) is 1.27. The largest absolute Gasteiger partial charge is 0.481 e. The van der Waals surface area contributed by atoms with Crippen LogP contribution in [0.3, 0.4) is 0 Å². The Balaban J connectivity index is 0. The van der Waals surface area contributed by atoms with Crippen LogP contribution >= 0.6 is 22.7 Å². The van der Waals surface area contributed by atoms with E-state index in [4.69, 9.17) is 112 Å². The van der Waals surface area contributed by atoms with Gasteiger partial charge in [0.1, 0.15) is 36.1 Å². The van der Waals surface area contributed by atoms with Gasteiger partial charge in [0.05, 0.1) is 114 Å². The van der Waals surface area contributed by atoms with Crippen molar-refractivity contribution < 1.29 is 215 Å². The van der Waals surface area contributed by atoms with Gasteiger partial charge in [-0.25, -0.2) is 48.1 Å². The van der Waals surface area contributed by atoms with E-state index in [1.165, 1.54) is 83.7 Å². The zero-order valence-electron chi connectivity index (χ0n) is 85.1. The summed E-state index contributed by atoms with van der Waals surface area (Å²) < 4.78 is 99.8. The first-order valence-corrected chi connectivity index (χ1v) is 45.5. The normalized spacial score (nSPS) is 11.8. The fraction of sp³-hybridized carbons (Fsp3) is 0.468.